The van der Waals surface area contributed by atoms with E-state index in [1.165, 1.54) is 23.5 Å². The number of nitrogens with zero attached hydrogens (tertiary/aromatic N) is 2. The quantitative estimate of drug-likeness (QED) is 0.842. The highest BCUT2D eigenvalue weighted by molar-refractivity contribution is 7.98. The monoisotopic (exact) mass is 280 g/mol. The molecule has 1 aromatic carbocycles. The molecule has 2 aromatic rings. The number of H-pyrrole nitrogens is 1. The molecule has 5 nitrogen and oxygen atoms in total. The summed E-state index contributed by atoms with van der Waals surface area (Å²) < 4.78 is 0. The summed E-state index contributed by atoms with van der Waals surface area (Å²) in [6.07, 6.45) is 3.81. The molecule has 0 atom stereocenters. The Morgan fingerprint density at radius 2 is 2.06 bits per heavy atom. The molecule has 0 aliphatic rings. The van der Waals surface area contributed by atoms with E-state index in [0.29, 0.717) is 16.7 Å². The summed E-state index contributed by atoms with van der Waals surface area (Å²) in [7, 11) is 0. The van der Waals surface area contributed by atoms with E-state index in [4.69, 9.17) is 0 Å². The molecule has 0 aliphatic heterocycles. The fraction of sp³-hybridized carbons (Fsp3) is 0.182. The van der Waals surface area contributed by atoms with Gasteiger partial charge in [0.2, 0.25) is 11.1 Å². The number of carbonyl (C=O) groups excluding carboxylic acids is 1. The van der Waals surface area contributed by atoms with Gasteiger partial charge in [0.05, 0.1) is 5.56 Å². The zero-order valence-electron chi connectivity index (χ0n) is 9.93. The van der Waals surface area contributed by atoms with Gasteiger partial charge in [0.1, 0.15) is 0 Å². The van der Waals surface area contributed by atoms with Crippen molar-refractivity contribution in [3.63, 3.8) is 0 Å². The highest BCUT2D eigenvalue weighted by Crippen LogP contribution is 2.20. The second-order valence-electron chi connectivity index (χ2n) is 3.33. The molecule has 1 heterocycles. The lowest BCUT2D eigenvalue weighted by atomic mass is 10.2. The van der Waals surface area contributed by atoms with Crippen molar-refractivity contribution in [2.24, 2.45) is 0 Å². The number of hydrogen-bond acceptors (Lipinski definition) is 5. The summed E-state index contributed by atoms with van der Waals surface area (Å²) >= 11 is 2.94. The number of amides is 1. The molecular formula is C11H12N4OS2. The van der Waals surface area contributed by atoms with Crippen LogP contribution in [0.5, 0.6) is 0 Å². The first kappa shape index (κ1) is 13.0. The van der Waals surface area contributed by atoms with Crippen LogP contribution >= 0.6 is 23.5 Å². The number of rotatable bonds is 4. The molecule has 1 amide bonds. The molecule has 0 spiro atoms. The summed E-state index contributed by atoms with van der Waals surface area (Å²) in [4.78, 5) is 17.1. The van der Waals surface area contributed by atoms with Crippen LogP contribution in [0, 0.1) is 0 Å². The molecule has 0 bridgehead atoms. The van der Waals surface area contributed by atoms with Crippen molar-refractivity contribution in [1.82, 2.24) is 15.2 Å². The fourth-order valence-electron chi connectivity index (χ4n) is 1.40. The Kier molecular flexibility index (Phi) is 4.27. The predicted molar refractivity (Wildman–Crippen MR) is 74.3 cm³/mol. The molecule has 0 saturated carbocycles. The van der Waals surface area contributed by atoms with Gasteiger partial charge in [-0.3, -0.25) is 10.1 Å². The van der Waals surface area contributed by atoms with E-state index < -0.39 is 0 Å². The Hall–Kier alpha value is -1.47. The van der Waals surface area contributed by atoms with Crippen molar-refractivity contribution in [2.75, 3.05) is 17.8 Å². The van der Waals surface area contributed by atoms with E-state index in [0.717, 1.165) is 4.90 Å². The predicted octanol–water partition coefficient (Wildman–Crippen LogP) is 2.50. The normalized spacial score (nSPS) is 10.3. The fourth-order valence-corrected chi connectivity index (χ4v) is 2.32. The zero-order chi connectivity index (χ0) is 13.0. The summed E-state index contributed by atoms with van der Waals surface area (Å²) in [5.41, 5.74) is 0.632. The van der Waals surface area contributed by atoms with Gasteiger partial charge in [-0.15, -0.1) is 16.9 Å². The topological polar surface area (TPSA) is 70.7 Å². The SMILES string of the molecule is CSc1n[nH]c(NC(=O)c2ccccc2SC)n1. The molecule has 0 saturated heterocycles. The number of nitrogens with one attached hydrogen (secondary N) is 2. The van der Waals surface area contributed by atoms with Gasteiger partial charge >= 0.3 is 0 Å². The van der Waals surface area contributed by atoms with E-state index >= 15 is 0 Å². The number of benzene rings is 1. The first-order chi connectivity index (χ1) is 8.74. The van der Waals surface area contributed by atoms with E-state index in [1.54, 1.807) is 6.07 Å². The summed E-state index contributed by atoms with van der Waals surface area (Å²) in [5.74, 6) is 0.170. The average molecular weight is 280 g/mol. The van der Waals surface area contributed by atoms with E-state index in [2.05, 4.69) is 20.5 Å². The summed E-state index contributed by atoms with van der Waals surface area (Å²) in [6, 6.07) is 7.44. The molecule has 0 unspecified atom stereocenters. The molecule has 0 fully saturated rings. The maximum absolute atomic E-state index is 12.1. The molecule has 0 aliphatic carbocycles. The zero-order valence-corrected chi connectivity index (χ0v) is 11.6. The number of thioether (sulfide) groups is 2. The Labute approximate surface area is 113 Å². The van der Waals surface area contributed by atoms with Gasteiger partial charge in [-0.05, 0) is 24.6 Å². The van der Waals surface area contributed by atoms with Crippen LogP contribution in [0.1, 0.15) is 10.4 Å². The number of aromatic nitrogens is 3. The minimum Gasteiger partial charge on any atom is -0.291 e. The second kappa shape index (κ2) is 5.92. The number of hydrogen-bond donors (Lipinski definition) is 2. The van der Waals surface area contributed by atoms with Crippen LogP contribution in [0.25, 0.3) is 0 Å². The van der Waals surface area contributed by atoms with Gasteiger partial charge in [-0.2, -0.15) is 4.98 Å². The van der Waals surface area contributed by atoms with Crippen molar-refractivity contribution >= 4 is 35.4 Å². The summed E-state index contributed by atoms with van der Waals surface area (Å²) in [5, 5.41) is 9.90. The van der Waals surface area contributed by atoms with Crippen molar-refractivity contribution in [1.29, 1.82) is 0 Å². The van der Waals surface area contributed by atoms with Gasteiger partial charge in [-0.1, -0.05) is 23.9 Å². The largest absolute Gasteiger partial charge is 0.291 e. The summed E-state index contributed by atoms with van der Waals surface area (Å²) in [6.45, 7) is 0. The Balaban J connectivity index is 2.16. The third-order valence-electron chi connectivity index (χ3n) is 2.23. The van der Waals surface area contributed by atoms with Gasteiger partial charge in [0, 0.05) is 4.90 Å². The molecule has 18 heavy (non-hydrogen) atoms. The second-order valence-corrected chi connectivity index (χ2v) is 4.95. The van der Waals surface area contributed by atoms with Crippen LogP contribution in [0.2, 0.25) is 0 Å². The Bertz CT molecular complexity index is 555. The molecule has 2 rings (SSSR count). The average Bonchev–Trinajstić information content (AvgIpc) is 2.86. The standard InChI is InChI=1S/C11H12N4OS2/c1-17-8-6-4-3-5-7(8)9(16)12-10-13-11(18-2)15-14-10/h3-6H,1-2H3,(H2,12,13,14,15,16). The molecule has 94 valence electrons. The van der Waals surface area contributed by atoms with E-state index in [-0.39, 0.29) is 5.91 Å². The highest BCUT2D eigenvalue weighted by Gasteiger charge is 2.12. The lowest BCUT2D eigenvalue weighted by Gasteiger charge is -2.05. The van der Waals surface area contributed by atoms with Crippen LogP contribution in [0.3, 0.4) is 0 Å². The molecule has 1 aromatic heterocycles. The maximum atomic E-state index is 12.1. The van der Waals surface area contributed by atoms with Crippen molar-refractivity contribution in [3.05, 3.63) is 29.8 Å². The van der Waals surface area contributed by atoms with Crippen molar-refractivity contribution in [2.45, 2.75) is 10.1 Å². The maximum Gasteiger partial charge on any atom is 0.259 e. The number of anilines is 1. The van der Waals surface area contributed by atoms with Gasteiger partial charge in [0.15, 0.2) is 0 Å². The molecule has 0 radical (unpaired) electrons. The van der Waals surface area contributed by atoms with Crippen LogP contribution in [0.15, 0.2) is 34.3 Å². The van der Waals surface area contributed by atoms with Gasteiger partial charge < -0.3 is 0 Å². The molecule has 7 heteroatoms. The minimum atomic E-state index is -0.191. The number of aromatic amines is 1. The molecular weight excluding hydrogens is 268 g/mol. The third kappa shape index (κ3) is 2.85. The Morgan fingerprint density at radius 3 is 2.72 bits per heavy atom. The van der Waals surface area contributed by atoms with Crippen LogP contribution < -0.4 is 5.32 Å². The van der Waals surface area contributed by atoms with Crippen LogP contribution in [0.4, 0.5) is 5.95 Å². The van der Waals surface area contributed by atoms with Gasteiger partial charge in [-0.25, -0.2) is 5.10 Å². The van der Waals surface area contributed by atoms with Crippen LogP contribution in [-0.4, -0.2) is 33.6 Å². The number of carbonyl (C=O) groups is 1. The van der Waals surface area contributed by atoms with Crippen LogP contribution in [-0.2, 0) is 0 Å². The smallest absolute Gasteiger partial charge is 0.259 e. The van der Waals surface area contributed by atoms with Gasteiger partial charge in [0.25, 0.3) is 5.91 Å². The first-order valence-corrected chi connectivity index (χ1v) is 7.60. The lowest BCUT2D eigenvalue weighted by molar-refractivity contribution is 0.102. The van der Waals surface area contributed by atoms with Crippen molar-refractivity contribution in [3.8, 4) is 0 Å². The van der Waals surface area contributed by atoms with E-state index in [1.807, 2.05) is 30.7 Å². The minimum absolute atomic E-state index is 0.191. The van der Waals surface area contributed by atoms with E-state index in [9.17, 15) is 4.79 Å². The highest BCUT2D eigenvalue weighted by atomic mass is 32.2. The first-order valence-electron chi connectivity index (χ1n) is 5.15. The Morgan fingerprint density at radius 1 is 1.28 bits per heavy atom. The lowest BCUT2D eigenvalue weighted by Crippen LogP contribution is -2.13. The third-order valence-corrected chi connectivity index (χ3v) is 3.57. The van der Waals surface area contributed by atoms with Crippen molar-refractivity contribution < 1.29 is 4.79 Å². The molecule has 2 N–H and O–H groups in total.